The van der Waals surface area contributed by atoms with Crippen molar-refractivity contribution in [2.45, 2.75) is 58.1 Å². The molecule has 4 nitrogen and oxygen atoms in total. The van der Waals surface area contributed by atoms with Crippen molar-refractivity contribution in [3.8, 4) is 0 Å². The van der Waals surface area contributed by atoms with Crippen molar-refractivity contribution < 1.29 is 9.53 Å². The van der Waals surface area contributed by atoms with Gasteiger partial charge in [-0.2, -0.15) is 0 Å². The van der Waals surface area contributed by atoms with Crippen LogP contribution in [0.2, 0.25) is 0 Å². The number of carbonyl (C=O) groups excluding carboxylic acids is 1. The predicted octanol–water partition coefficient (Wildman–Crippen LogP) is 2.71. The van der Waals surface area contributed by atoms with Crippen LogP contribution in [0.15, 0.2) is 24.3 Å². The molecule has 2 rings (SSSR count). The van der Waals surface area contributed by atoms with Gasteiger partial charge in [-0.25, -0.2) is 0 Å². The van der Waals surface area contributed by atoms with Crippen LogP contribution in [0.1, 0.15) is 51.2 Å². The number of carbonyl (C=O) groups is 1. The zero-order chi connectivity index (χ0) is 17.0. The first-order valence-corrected chi connectivity index (χ1v) is 8.55. The number of hydrogen-bond acceptors (Lipinski definition) is 4. The van der Waals surface area contributed by atoms with E-state index in [9.17, 15) is 4.79 Å². The smallest absolute Gasteiger partial charge is 0.320 e. The molecule has 2 atom stereocenters. The van der Waals surface area contributed by atoms with Crippen LogP contribution >= 0.6 is 0 Å². The fourth-order valence-electron chi connectivity index (χ4n) is 3.18. The maximum Gasteiger partial charge on any atom is 0.320 e. The van der Waals surface area contributed by atoms with Gasteiger partial charge in [0, 0.05) is 19.1 Å². The monoisotopic (exact) mass is 318 g/mol. The lowest BCUT2D eigenvalue weighted by Crippen LogP contribution is -2.48. The molecule has 0 saturated carbocycles. The Labute approximate surface area is 140 Å². The van der Waals surface area contributed by atoms with E-state index >= 15 is 0 Å². The van der Waals surface area contributed by atoms with Crippen LogP contribution in [0.3, 0.4) is 0 Å². The van der Waals surface area contributed by atoms with Crippen molar-refractivity contribution in [3.63, 3.8) is 0 Å². The normalized spacial score (nSPS) is 22.8. The number of piperidine rings is 1. The van der Waals surface area contributed by atoms with E-state index in [1.807, 2.05) is 20.8 Å². The standard InChI is InChI=1S/C19H30N2O2/c1-5-14-6-8-15(9-7-14)16-10-17(20)12-21(11-16)13-18(22)23-19(2,3)4/h6-9,16-17H,5,10-13,20H2,1-4H3. The van der Waals surface area contributed by atoms with Crippen LogP contribution in [0.5, 0.6) is 0 Å². The molecule has 1 aliphatic rings. The lowest BCUT2D eigenvalue weighted by molar-refractivity contribution is -0.156. The minimum Gasteiger partial charge on any atom is -0.459 e. The van der Waals surface area contributed by atoms with Gasteiger partial charge in [-0.15, -0.1) is 0 Å². The average molecular weight is 318 g/mol. The molecule has 4 heteroatoms. The Morgan fingerprint density at radius 3 is 2.48 bits per heavy atom. The Morgan fingerprint density at radius 1 is 1.26 bits per heavy atom. The molecule has 23 heavy (non-hydrogen) atoms. The van der Waals surface area contributed by atoms with Crippen molar-refractivity contribution in [2.75, 3.05) is 19.6 Å². The zero-order valence-electron chi connectivity index (χ0n) is 14.8. The van der Waals surface area contributed by atoms with Gasteiger partial charge in [-0.05, 0) is 50.7 Å². The molecule has 1 heterocycles. The SMILES string of the molecule is CCc1ccc(C2CC(N)CN(CC(=O)OC(C)(C)C)C2)cc1. The summed E-state index contributed by atoms with van der Waals surface area (Å²) in [6.45, 7) is 9.77. The molecule has 0 aromatic heterocycles. The minimum atomic E-state index is -0.440. The number of esters is 1. The molecule has 1 fully saturated rings. The van der Waals surface area contributed by atoms with E-state index < -0.39 is 5.60 Å². The van der Waals surface area contributed by atoms with E-state index in [2.05, 4.69) is 36.1 Å². The van der Waals surface area contributed by atoms with Crippen molar-refractivity contribution >= 4 is 5.97 Å². The van der Waals surface area contributed by atoms with Gasteiger partial charge in [0.25, 0.3) is 0 Å². The number of rotatable bonds is 4. The summed E-state index contributed by atoms with van der Waals surface area (Å²) in [7, 11) is 0. The Morgan fingerprint density at radius 2 is 1.91 bits per heavy atom. The van der Waals surface area contributed by atoms with E-state index in [0.29, 0.717) is 12.5 Å². The molecule has 0 aliphatic carbocycles. The van der Waals surface area contributed by atoms with Gasteiger partial charge in [0.15, 0.2) is 0 Å². The van der Waals surface area contributed by atoms with Gasteiger partial charge in [0.1, 0.15) is 5.60 Å². The highest BCUT2D eigenvalue weighted by molar-refractivity contribution is 5.72. The summed E-state index contributed by atoms with van der Waals surface area (Å²) in [6.07, 6.45) is 2.02. The summed E-state index contributed by atoms with van der Waals surface area (Å²) in [4.78, 5) is 14.2. The van der Waals surface area contributed by atoms with Crippen LogP contribution in [-0.4, -0.2) is 42.1 Å². The third kappa shape index (κ3) is 5.63. The van der Waals surface area contributed by atoms with Crippen LogP contribution in [0.25, 0.3) is 0 Å². The Bertz CT molecular complexity index is 519. The minimum absolute atomic E-state index is 0.0991. The number of nitrogens with zero attached hydrogens (tertiary/aromatic N) is 1. The summed E-state index contributed by atoms with van der Waals surface area (Å²) in [5.41, 5.74) is 8.44. The molecule has 2 N–H and O–H groups in total. The van der Waals surface area contributed by atoms with Gasteiger partial charge >= 0.3 is 5.97 Å². The number of hydrogen-bond donors (Lipinski definition) is 1. The van der Waals surface area contributed by atoms with Crippen LogP contribution in [0.4, 0.5) is 0 Å². The number of likely N-dealkylation sites (tertiary alicyclic amines) is 1. The maximum absolute atomic E-state index is 12.1. The summed E-state index contributed by atoms with van der Waals surface area (Å²) >= 11 is 0. The first-order chi connectivity index (χ1) is 10.8. The quantitative estimate of drug-likeness (QED) is 0.867. The summed E-state index contributed by atoms with van der Waals surface area (Å²) in [5, 5.41) is 0. The molecule has 2 unspecified atom stereocenters. The van der Waals surface area contributed by atoms with E-state index in [-0.39, 0.29) is 12.0 Å². The molecular formula is C19H30N2O2. The Balaban J connectivity index is 1.99. The first kappa shape index (κ1) is 18.0. The third-order valence-electron chi connectivity index (χ3n) is 4.19. The predicted molar refractivity (Wildman–Crippen MR) is 93.4 cm³/mol. The molecule has 0 bridgehead atoms. The first-order valence-electron chi connectivity index (χ1n) is 8.55. The van der Waals surface area contributed by atoms with Crippen molar-refractivity contribution in [2.24, 2.45) is 5.73 Å². The number of ether oxygens (including phenoxy) is 1. The Hall–Kier alpha value is -1.39. The topological polar surface area (TPSA) is 55.6 Å². The highest BCUT2D eigenvalue weighted by Gasteiger charge is 2.28. The average Bonchev–Trinajstić information content (AvgIpc) is 2.44. The summed E-state index contributed by atoms with van der Waals surface area (Å²) in [6, 6.07) is 8.88. The Kier molecular flexibility index (Phi) is 5.82. The van der Waals surface area contributed by atoms with E-state index in [4.69, 9.17) is 10.5 Å². The van der Waals surface area contributed by atoms with Gasteiger partial charge in [0.2, 0.25) is 0 Å². The van der Waals surface area contributed by atoms with E-state index in [1.54, 1.807) is 0 Å². The number of nitrogens with two attached hydrogens (primary N) is 1. The highest BCUT2D eigenvalue weighted by Crippen LogP contribution is 2.27. The molecule has 1 saturated heterocycles. The van der Waals surface area contributed by atoms with Crippen LogP contribution in [0, 0.1) is 0 Å². The van der Waals surface area contributed by atoms with E-state index in [1.165, 1.54) is 11.1 Å². The van der Waals surface area contributed by atoms with Crippen molar-refractivity contribution in [3.05, 3.63) is 35.4 Å². The third-order valence-corrected chi connectivity index (χ3v) is 4.19. The molecule has 128 valence electrons. The molecule has 1 aliphatic heterocycles. The number of benzene rings is 1. The second-order valence-electron chi connectivity index (χ2n) is 7.57. The van der Waals surface area contributed by atoms with Gasteiger partial charge in [-0.3, -0.25) is 9.69 Å². The molecule has 1 aromatic rings. The van der Waals surface area contributed by atoms with Crippen LogP contribution < -0.4 is 5.73 Å². The highest BCUT2D eigenvalue weighted by atomic mass is 16.6. The van der Waals surface area contributed by atoms with Crippen LogP contribution in [-0.2, 0) is 16.0 Å². The second kappa shape index (κ2) is 7.45. The fraction of sp³-hybridized carbons (Fsp3) is 0.632. The molecular weight excluding hydrogens is 288 g/mol. The zero-order valence-corrected chi connectivity index (χ0v) is 14.8. The fourth-order valence-corrected chi connectivity index (χ4v) is 3.18. The lowest BCUT2D eigenvalue weighted by atomic mass is 9.88. The maximum atomic E-state index is 12.1. The molecule has 1 aromatic carbocycles. The van der Waals surface area contributed by atoms with Crippen molar-refractivity contribution in [1.82, 2.24) is 4.90 Å². The van der Waals surface area contributed by atoms with Gasteiger partial charge in [0.05, 0.1) is 6.54 Å². The molecule has 0 radical (unpaired) electrons. The molecule has 0 spiro atoms. The van der Waals surface area contributed by atoms with Crippen molar-refractivity contribution in [1.29, 1.82) is 0 Å². The lowest BCUT2D eigenvalue weighted by Gasteiger charge is -2.36. The van der Waals surface area contributed by atoms with E-state index in [0.717, 1.165) is 25.9 Å². The summed E-state index contributed by atoms with van der Waals surface area (Å²) in [5.74, 6) is 0.207. The largest absolute Gasteiger partial charge is 0.459 e. The second-order valence-corrected chi connectivity index (χ2v) is 7.57. The van der Waals surface area contributed by atoms with Gasteiger partial charge in [-0.1, -0.05) is 31.2 Å². The number of aryl methyl sites for hydroxylation is 1. The molecule has 0 amide bonds. The summed E-state index contributed by atoms with van der Waals surface area (Å²) < 4.78 is 5.43. The van der Waals surface area contributed by atoms with Gasteiger partial charge < -0.3 is 10.5 Å².